The van der Waals surface area contributed by atoms with Crippen LogP contribution in [0.5, 0.6) is 5.75 Å². The van der Waals surface area contributed by atoms with Crippen molar-refractivity contribution in [3.05, 3.63) is 64.1 Å². The van der Waals surface area contributed by atoms with Gasteiger partial charge in [0, 0.05) is 0 Å². The normalized spacial score (nSPS) is 15.3. The van der Waals surface area contributed by atoms with Gasteiger partial charge in [-0.3, -0.25) is 0 Å². The molecule has 0 amide bonds. The molecule has 1 fully saturated rings. The summed E-state index contributed by atoms with van der Waals surface area (Å²) < 4.78 is 6.86. The molecule has 0 bridgehead atoms. The zero-order valence-corrected chi connectivity index (χ0v) is 14.4. The predicted molar refractivity (Wildman–Crippen MR) is 93.3 cm³/mol. The van der Waals surface area contributed by atoms with Crippen molar-refractivity contribution < 1.29 is 9.53 Å². The second kappa shape index (κ2) is 7.12. The van der Waals surface area contributed by atoms with Crippen LogP contribution in [0, 0.1) is 0 Å². The van der Waals surface area contributed by atoms with E-state index in [1.165, 1.54) is 0 Å². The van der Waals surface area contributed by atoms with Gasteiger partial charge in [-0.25, -0.2) is 4.79 Å². The average Bonchev–Trinajstić information content (AvgIpc) is 2.54. The largest absolute Gasteiger partial charge is 0.488 e. The lowest BCUT2D eigenvalue weighted by molar-refractivity contribution is 0.249. The first-order valence-electron chi connectivity index (χ1n) is 7.75. The summed E-state index contributed by atoms with van der Waals surface area (Å²) in [6, 6.07) is 16.2. The van der Waals surface area contributed by atoms with E-state index in [4.69, 9.17) is 4.74 Å². The first-order valence-corrected chi connectivity index (χ1v) is 8.54. The Bertz CT molecular complexity index is 719. The SMILES string of the molecule is O=C=NC1(Cc2ccc(Br)c(OCc3ccccc3)c2)CCC1. The van der Waals surface area contributed by atoms with Crippen LogP contribution < -0.4 is 4.74 Å². The smallest absolute Gasteiger partial charge is 0.235 e. The number of rotatable bonds is 6. The van der Waals surface area contributed by atoms with Crippen LogP contribution in [0.3, 0.4) is 0 Å². The minimum absolute atomic E-state index is 0.244. The fraction of sp³-hybridized carbons (Fsp3) is 0.316. The first kappa shape index (κ1) is 16.0. The van der Waals surface area contributed by atoms with Gasteiger partial charge in [-0.15, -0.1) is 0 Å². The summed E-state index contributed by atoms with van der Waals surface area (Å²) in [6.07, 6.45) is 5.54. The van der Waals surface area contributed by atoms with E-state index < -0.39 is 0 Å². The third-order valence-corrected chi connectivity index (χ3v) is 4.99. The molecule has 0 atom stereocenters. The Hall–Kier alpha value is -1.90. The van der Waals surface area contributed by atoms with Gasteiger partial charge in [0.1, 0.15) is 12.4 Å². The van der Waals surface area contributed by atoms with Crippen LogP contribution in [0.2, 0.25) is 0 Å². The van der Waals surface area contributed by atoms with Crippen molar-refractivity contribution in [1.82, 2.24) is 0 Å². The molecule has 2 aromatic carbocycles. The summed E-state index contributed by atoms with van der Waals surface area (Å²) in [7, 11) is 0. The molecular formula is C19H18BrNO2. The van der Waals surface area contributed by atoms with Gasteiger partial charge in [-0.05, 0) is 64.9 Å². The number of aliphatic imine (C=N–C) groups is 1. The van der Waals surface area contributed by atoms with Gasteiger partial charge < -0.3 is 4.74 Å². The summed E-state index contributed by atoms with van der Waals surface area (Å²) >= 11 is 3.53. The van der Waals surface area contributed by atoms with Crippen molar-refractivity contribution >= 4 is 22.0 Å². The lowest BCUT2D eigenvalue weighted by atomic mass is 9.73. The van der Waals surface area contributed by atoms with Crippen LogP contribution in [0.15, 0.2) is 58.0 Å². The van der Waals surface area contributed by atoms with E-state index in [0.29, 0.717) is 6.61 Å². The molecule has 0 radical (unpaired) electrons. The maximum absolute atomic E-state index is 10.7. The molecule has 23 heavy (non-hydrogen) atoms. The van der Waals surface area contributed by atoms with E-state index in [-0.39, 0.29) is 5.54 Å². The van der Waals surface area contributed by atoms with Gasteiger partial charge in [-0.2, -0.15) is 4.99 Å². The Kier molecular flexibility index (Phi) is 4.94. The minimum atomic E-state index is -0.244. The van der Waals surface area contributed by atoms with Gasteiger partial charge in [0.25, 0.3) is 0 Å². The molecule has 3 rings (SSSR count). The fourth-order valence-electron chi connectivity index (χ4n) is 2.89. The Labute approximate surface area is 144 Å². The fourth-order valence-corrected chi connectivity index (χ4v) is 3.25. The number of hydrogen-bond donors (Lipinski definition) is 0. The van der Waals surface area contributed by atoms with Crippen molar-refractivity contribution in [2.24, 2.45) is 4.99 Å². The Morgan fingerprint density at radius 3 is 2.57 bits per heavy atom. The van der Waals surface area contributed by atoms with E-state index in [2.05, 4.69) is 27.0 Å². The van der Waals surface area contributed by atoms with Gasteiger partial charge in [0.2, 0.25) is 6.08 Å². The molecule has 1 aliphatic rings. The Balaban J connectivity index is 1.72. The maximum atomic E-state index is 10.7. The van der Waals surface area contributed by atoms with E-state index in [1.54, 1.807) is 6.08 Å². The molecule has 0 aromatic heterocycles. The molecule has 0 N–H and O–H groups in total. The van der Waals surface area contributed by atoms with Crippen LogP contribution in [0.1, 0.15) is 30.4 Å². The molecule has 0 spiro atoms. The molecule has 2 aromatic rings. The Morgan fingerprint density at radius 2 is 1.91 bits per heavy atom. The van der Waals surface area contributed by atoms with E-state index in [0.717, 1.165) is 47.0 Å². The highest BCUT2D eigenvalue weighted by Crippen LogP contribution is 2.39. The monoisotopic (exact) mass is 371 g/mol. The van der Waals surface area contributed by atoms with Crippen LogP contribution in [-0.2, 0) is 17.8 Å². The summed E-state index contributed by atoms with van der Waals surface area (Å²) in [5, 5.41) is 0. The summed E-state index contributed by atoms with van der Waals surface area (Å²) in [6.45, 7) is 0.528. The van der Waals surface area contributed by atoms with Crippen LogP contribution in [-0.4, -0.2) is 11.6 Å². The van der Waals surface area contributed by atoms with Crippen molar-refractivity contribution in [3.63, 3.8) is 0 Å². The standard InChI is InChI=1S/C19H18BrNO2/c20-17-8-7-16(12-19(21-14-22)9-4-10-19)11-18(17)23-13-15-5-2-1-3-6-15/h1-3,5-8,11H,4,9-10,12-13H2. The molecule has 118 valence electrons. The molecule has 0 unspecified atom stereocenters. The number of nitrogens with zero attached hydrogens (tertiary/aromatic N) is 1. The van der Waals surface area contributed by atoms with Gasteiger partial charge in [-0.1, -0.05) is 36.4 Å². The highest BCUT2D eigenvalue weighted by atomic mass is 79.9. The van der Waals surface area contributed by atoms with Crippen LogP contribution in [0.25, 0.3) is 0 Å². The van der Waals surface area contributed by atoms with Gasteiger partial charge >= 0.3 is 0 Å². The quantitative estimate of drug-likeness (QED) is 0.538. The van der Waals surface area contributed by atoms with Crippen LogP contribution in [0.4, 0.5) is 0 Å². The number of isocyanates is 1. The lowest BCUT2D eigenvalue weighted by Gasteiger charge is -2.36. The lowest BCUT2D eigenvalue weighted by Crippen LogP contribution is -2.37. The second-order valence-corrected chi connectivity index (χ2v) is 6.85. The number of halogens is 1. The number of ether oxygens (including phenoxy) is 1. The molecule has 3 nitrogen and oxygen atoms in total. The maximum Gasteiger partial charge on any atom is 0.235 e. The molecule has 0 heterocycles. The Morgan fingerprint density at radius 1 is 1.13 bits per heavy atom. The second-order valence-electron chi connectivity index (χ2n) is 6.00. The third-order valence-electron chi connectivity index (χ3n) is 4.33. The third kappa shape index (κ3) is 3.90. The number of carbonyl (C=O) groups excluding carboxylic acids is 1. The van der Waals surface area contributed by atoms with Crippen molar-refractivity contribution in [1.29, 1.82) is 0 Å². The highest BCUT2D eigenvalue weighted by molar-refractivity contribution is 9.10. The van der Waals surface area contributed by atoms with E-state index in [1.807, 2.05) is 42.5 Å². The van der Waals surface area contributed by atoms with Crippen LogP contribution >= 0.6 is 15.9 Å². The summed E-state index contributed by atoms with van der Waals surface area (Å²) in [5.74, 6) is 0.816. The molecule has 1 aliphatic carbocycles. The first-order chi connectivity index (χ1) is 11.2. The van der Waals surface area contributed by atoms with Crippen molar-refractivity contribution in [2.45, 2.75) is 37.8 Å². The molecule has 1 saturated carbocycles. The zero-order chi connectivity index (χ0) is 16.1. The van der Waals surface area contributed by atoms with Crippen molar-refractivity contribution in [2.75, 3.05) is 0 Å². The number of benzene rings is 2. The van der Waals surface area contributed by atoms with Gasteiger partial charge in [0.15, 0.2) is 0 Å². The average molecular weight is 372 g/mol. The zero-order valence-electron chi connectivity index (χ0n) is 12.8. The van der Waals surface area contributed by atoms with Crippen molar-refractivity contribution in [3.8, 4) is 5.75 Å². The van der Waals surface area contributed by atoms with E-state index in [9.17, 15) is 4.79 Å². The van der Waals surface area contributed by atoms with E-state index >= 15 is 0 Å². The topological polar surface area (TPSA) is 38.7 Å². The molecule has 4 heteroatoms. The number of hydrogen-bond acceptors (Lipinski definition) is 3. The predicted octanol–water partition coefficient (Wildman–Crippen LogP) is 4.83. The summed E-state index contributed by atoms with van der Waals surface area (Å²) in [4.78, 5) is 14.7. The molecule has 0 saturated heterocycles. The molecule has 0 aliphatic heterocycles. The highest BCUT2D eigenvalue weighted by Gasteiger charge is 2.37. The summed E-state index contributed by atoms with van der Waals surface area (Å²) in [5.41, 5.74) is 2.02. The molecular weight excluding hydrogens is 354 g/mol. The minimum Gasteiger partial charge on any atom is -0.488 e. The van der Waals surface area contributed by atoms with Gasteiger partial charge in [0.05, 0.1) is 10.0 Å².